The van der Waals surface area contributed by atoms with Crippen LogP contribution in [0.15, 0.2) is 41.0 Å². The van der Waals surface area contributed by atoms with Gasteiger partial charge in [-0.1, -0.05) is 17.7 Å². The number of imidazole rings is 1. The molecule has 0 N–H and O–H groups in total. The molecule has 0 aliphatic carbocycles. The predicted molar refractivity (Wildman–Crippen MR) is 109 cm³/mol. The Morgan fingerprint density at radius 1 is 1.29 bits per heavy atom. The highest BCUT2D eigenvalue weighted by molar-refractivity contribution is 7.90. The summed E-state index contributed by atoms with van der Waals surface area (Å²) in [4.78, 5) is 6.71. The number of hydrogen-bond donors (Lipinski definition) is 0. The van der Waals surface area contributed by atoms with E-state index >= 15 is 0 Å². The van der Waals surface area contributed by atoms with Gasteiger partial charge in [0, 0.05) is 29.6 Å². The Bertz CT molecular complexity index is 1320. The van der Waals surface area contributed by atoms with E-state index in [2.05, 4.69) is 4.98 Å². The first-order valence-electron chi connectivity index (χ1n) is 8.70. The van der Waals surface area contributed by atoms with E-state index in [0.717, 1.165) is 29.5 Å². The summed E-state index contributed by atoms with van der Waals surface area (Å²) >= 11 is 7.51. The highest BCUT2D eigenvalue weighted by atomic mass is 35.5. The molecule has 3 aromatic heterocycles. The summed E-state index contributed by atoms with van der Waals surface area (Å²) in [6.45, 7) is 0. The number of hydrogen-bond acceptors (Lipinski definition) is 6. The lowest BCUT2D eigenvalue weighted by Crippen LogP contribution is -2.36. The normalized spacial score (nSPS) is 17.4. The minimum atomic E-state index is -3.94. The summed E-state index contributed by atoms with van der Waals surface area (Å²) in [5.74, 6) is 0.747. The first-order chi connectivity index (χ1) is 13.4. The first-order valence-corrected chi connectivity index (χ1v) is 11.4. The highest BCUT2D eigenvalue weighted by Crippen LogP contribution is 2.38. The quantitative estimate of drug-likeness (QED) is 0.492. The molecule has 0 spiro atoms. The third-order valence-corrected chi connectivity index (χ3v) is 7.89. The largest absolute Gasteiger partial charge is 0.474 e. The second-order valence-corrected chi connectivity index (χ2v) is 9.90. The van der Waals surface area contributed by atoms with Crippen molar-refractivity contribution in [3.8, 4) is 5.75 Å². The zero-order valence-corrected chi connectivity index (χ0v) is 17.6. The molecule has 0 saturated heterocycles. The molecule has 4 aromatic rings. The van der Waals surface area contributed by atoms with Crippen LogP contribution >= 0.6 is 22.9 Å². The summed E-state index contributed by atoms with van der Waals surface area (Å²) in [6, 6.07) is 5.54. The van der Waals surface area contributed by atoms with Crippen molar-refractivity contribution in [1.82, 2.24) is 18.3 Å². The van der Waals surface area contributed by atoms with E-state index < -0.39 is 10.0 Å². The Balaban J connectivity index is 1.70. The molecule has 146 valence electrons. The van der Waals surface area contributed by atoms with Gasteiger partial charge in [-0.05, 0) is 38.2 Å². The Kier molecular flexibility index (Phi) is 3.99. The fourth-order valence-corrected chi connectivity index (χ4v) is 6.42. The van der Waals surface area contributed by atoms with E-state index in [1.807, 2.05) is 31.1 Å². The Morgan fingerprint density at radius 2 is 2.11 bits per heavy atom. The van der Waals surface area contributed by atoms with Crippen molar-refractivity contribution in [2.75, 3.05) is 14.1 Å². The second kappa shape index (κ2) is 6.21. The maximum Gasteiger partial charge on any atom is 0.287 e. The molecule has 0 fully saturated rings. The standard InChI is InChI=1S/C18H17ClN4O3S2/c1-21(2)14-6-4-11-3-5-13-12(15(11)26-14)7-8-23(13)28(24,25)17-16(19)20-18-22(17)9-10-27-18/h3,5,7-10,14H,4,6H2,1-2H3. The van der Waals surface area contributed by atoms with Crippen LogP contribution in [-0.2, 0) is 16.4 Å². The topological polar surface area (TPSA) is 68.8 Å². The van der Waals surface area contributed by atoms with E-state index in [0.29, 0.717) is 10.5 Å². The fourth-order valence-electron chi connectivity index (χ4n) is 3.66. The van der Waals surface area contributed by atoms with Crippen molar-refractivity contribution in [3.05, 3.63) is 46.7 Å². The number of ether oxygens (including phenoxy) is 1. The molecule has 5 rings (SSSR count). The summed E-state index contributed by atoms with van der Waals surface area (Å²) < 4.78 is 35.8. The van der Waals surface area contributed by atoms with Crippen LogP contribution in [-0.4, -0.2) is 47.0 Å². The van der Waals surface area contributed by atoms with Crippen LogP contribution in [0.25, 0.3) is 15.9 Å². The molecule has 1 unspecified atom stereocenters. The molecule has 4 heterocycles. The zero-order valence-electron chi connectivity index (χ0n) is 15.2. The van der Waals surface area contributed by atoms with E-state index in [4.69, 9.17) is 16.3 Å². The lowest BCUT2D eigenvalue weighted by Gasteiger charge is -2.31. The van der Waals surface area contributed by atoms with Crippen molar-refractivity contribution in [2.24, 2.45) is 0 Å². The molecule has 1 aliphatic rings. The first kappa shape index (κ1) is 18.0. The van der Waals surface area contributed by atoms with Gasteiger partial charge < -0.3 is 4.74 Å². The van der Waals surface area contributed by atoms with E-state index in [1.165, 1.54) is 19.7 Å². The highest BCUT2D eigenvalue weighted by Gasteiger charge is 2.30. The SMILES string of the molecule is CN(C)C1CCc2ccc3c(ccn3S(=O)(=O)c3c(Cl)nc4sccn34)c2O1. The average Bonchev–Trinajstić information content (AvgIpc) is 3.34. The molecular formula is C18H17ClN4O3S2. The van der Waals surface area contributed by atoms with Gasteiger partial charge in [0.25, 0.3) is 10.0 Å². The molecule has 0 radical (unpaired) electrons. The fraction of sp³-hybridized carbons (Fsp3) is 0.278. The molecule has 10 heteroatoms. The third-order valence-electron chi connectivity index (χ3n) is 5.04. The number of rotatable bonds is 3. The van der Waals surface area contributed by atoms with Gasteiger partial charge in [0.05, 0.1) is 5.52 Å². The Labute approximate surface area is 170 Å². The monoisotopic (exact) mass is 436 g/mol. The smallest absolute Gasteiger partial charge is 0.287 e. The molecule has 0 saturated carbocycles. The van der Waals surface area contributed by atoms with Crippen molar-refractivity contribution in [2.45, 2.75) is 24.1 Å². The van der Waals surface area contributed by atoms with Gasteiger partial charge >= 0.3 is 0 Å². The van der Waals surface area contributed by atoms with Crippen LogP contribution in [0.3, 0.4) is 0 Å². The zero-order chi connectivity index (χ0) is 19.6. The lowest BCUT2D eigenvalue weighted by atomic mass is 10.0. The number of aryl methyl sites for hydroxylation is 1. The van der Waals surface area contributed by atoms with Gasteiger partial charge in [-0.2, -0.15) is 8.42 Å². The Hall–Kier alpha value is -2.07. The average molecular weight is 437 g/mol. The maximum absolute atomic E-state index is 13.4. The lowest BCUT2D eigenvalue weighted by molar-refractivity contribution is 0.0475. The minimum absolute atomic E-state index is 0.0319. The van der Waals surface area contributed by atoms with Crippen LogP contribution in [0, 0.1) is 0 Å². The van der Waals surface area contributed by atoms with Gasteiger partial charge in [0.1, 0.15) is 5.75 Å². The van der Waals surface area contributed by atoms with E-state index in [-0.39, 0.29) is 16.4 Å². The minimum Gasteiger partial charge on any atom is -0.474 e. The summed E-state index contributed by atoms with van der Waals surface area (Å²) in [5.41, 5.74) is 1.64. The van der Waals surface area contributed by atoms with Gasteiger partial charge in [0.2, 0.25) is 5.03 Å². The number of halogens is 1. The molecule has 1 aliphatic heterocycles. The number of nitrogens with zero attached hydrogens (tertiary/aromatic N) is 4. The van der Waals surface area contributed by atoms with Crippen LogP contribution in [0.2, 0.25) is 5.15 Å². The second-order valence-electron chi connectivity index (χ2n) is 6.94. The maximum atomic E-state index is 13.4. The van der Waals surface area contributed by atoms with Crippen molar-refractivity contribution in [3.63, 3.8) is 0 Å². The number of aromatic nitrogens is 3. The molecule has 0 amide bonds. The van der Waals surface area contributed by atoms with Crippen LogP contribution in [0.5, 0.6) is 5.75 Å². The van der Waals surface area contributed by atoms with E-state index in [1.54, 1.807) is 23.8 Å². The van der Waals surface area contributed by atoms with Crippen molar-refractivity contribution < 1.29 is 13.2 Å². The molecular weight excluding hydrogens is 420 g/mol. The van der Waals surface area contributed by atoms with Crippen LogP contribution in [0.4, 0.5) is 0 Å². The molecule has 1 atom stereocenters. The number of fused-ring (bicyclic) bond motifs is 4. The van der Waals surface area contributed by atoms with Gasteiger partial charge in [-0.25, -0.2) is 8.96 Å². The molecule has 0 bridgehead atoms. The van der Waals surface area contributed by atoms with E-state index in [9.17, 15) is 8.42 Å². The van der Waals surface area contributed by atoms with Gasteiger partial charge in [-0.15, -0.1) is 11.3 Å². The number of thiazole rings is 1. The molecule has 7 nitrogen and oxygen atoms in total. The van der Waals surface area contributed by atoms with Gasteiger partial charge in [0.15, 0.2) is 16.3 Å². The summed E-state index contributed by atoms with van der Waals surface area (Å²) in [5, 5.41) is 2.48. The summed E-state index contributed by atoms with van der Waals surface area (Å²) in [7, 11) is 0.00617. The predicted octanol–water partition coefficient (Wildman–Crippen LogP) is 3.45. The van der Waals surface area contributed by atoms with Crippen molar-refractivity contribution in [1.29, 1.82) is 0 Å². The van der Waals surface area contributed by atoms with Gasteiger partial charge in [-0.3, -0.25) is 9.30 Å². The third kappa shape index (κ3) is 2.50. The van der Waals surface area contributed by atoms with Crippen LogP contribution in [0.1, 0.15) is 12.0 Å². The van der Waals surface area contributed by atoms with Crippen molar-refractivity contribution >= 4 is 48.8 Å². The number of benzene rings is 1. The Morgan fingerprint density at radius 3 is 2.89 bits per heavy atom. The summed E-state index contributed by atoms with van der Waals surface area (Å²) in [6.07, 6.45) is 4.95. The van der Waals surface area contributed by atoms with Crippen LogP contribution < -0.4 is 4.74 Å². The molecule has 28 heavy (non-hydrogen) atoms. The molecule has 1 aromatic carbocycles.